The Kier molecular flexibility index (Phi) is 5.98. The smallest absolute Gasteiger partial charge is 0.323 e. The summed E-state index contributed by atoms with van der Waals surface area (Å²) >= 11 is 0. The predicted octanol–water partition coefficient (Wildman–Crippen LogP) is 2.61. The highest BCUT2D eigenvalue weighted by atomic mass is 16.4. The molecule has 1 heterocycles. The van der Waals surface area contributed by atoms with Crippen molar-refractivity contribution in [1.82, 2.24) is 15.1 Å². The second-order valence-electron chi connectivity index (χ2n) is 6.00. The number of aromatic nitrogens is 2. The molecule has 0 spiro atoms. The Morgan fingerprint density at radius 2 is 2.00 bits per heavy atom. The lowest BCUT2D eigenvalue weighted by Crippen LogP contribution is -2.43. The van der Waals surface area contributed by atoms with Crippen LogP contribution in [0.25, 0.3) is 0 Å². The quantitative estimate of drug-likeness (QED) is 0.791. The van der Waals surface area contributed by atoms with Crippen LogP contribution in [0.15, 0.2) is 6.07 Å². The molecule has 0 radical (unpaired) electrons. The molecular weight excluding hydrogens is 282 g/mol. The molecule has 1 amide bonds. The van der Waals surface area contributed by atoms with Crippen molar-refractivity contribution in [3.05, 3.63) is 17.5 Å². The van der Waals surface area contributed by atoms with E-state index in [9.17, 15) is 9.59 Å². The van der Waals surface area contributed by atoms with Crippen molar-refractivity contribution >= 4 is 11.9 Å². The molecule has 6 nitrogen and oxygen atoms in total. The third kappa shape index (κ3) is 4.32. The molecule has 22 heavy (non-hydrogen) atoms. The highest BCUT2D eigenvalue weighted by molar-refractivity contribution is 5.94. The fraction of sp³-hybridized carbons (Fsp3) is 0.688. The van der Waals surface area contributed by atoms with Crippen molar-refractivity contribution in [2.45, 2.75) is 64.3 Å². The van der Waals surface area contributed by atoms with E-state index in [1.54, 1.807) is 6.07 Å². The van der Waals surface area contributed by atoms with Crippen molar-refractivity contribution in [3.63, 3.8) is 0 Å². The number of aromatic amines is 1. The Labute approximate surface area is 130 Å². The Morgan fingerprint density at radius 1 is 1.32 bits per heavy atom. The minimum Gasteiger partial charge on any atom is -0.480 e. The molecule has 122 valence electrons. The second-order valence-corrected chi connectivity index (χ2v) is 6.00. The molecule has 1 saturated carbocycles. The SMILES string of the molecule is CCCc1cc(C(=O)N(CC(=O)O)C2CCCCCC2)n[nH]1. The molecule has 0 atom stereocenters. The molecule has 0 saturated heterocycles. The van der Waals surface area contributed by atoms with Crippen LogP contribution in [-0.2, 0) is 11.2 Å². The van der Waals surface area contributed by atoms with Gasteiger partial charge in [0.15, 0.2) is 0 Å². The van der Waals surface area contributed by atoms with Crippen molar-refractivity contribution in [3.8, 4) is 0 Å². The van der Waals surface area contributed by atoms with Gasteiger partial charge in [0.25, 0.3) is 5.91 Å². The first kappa shape index (κ1) is 16.5. The maximum Gasteiger partial charge on any atom is 0.323 e. The number of carbonyl (C=O) groups is 2. The number of carbonyl (C=O) groups excluding carboxylic acids is 1. The first-order valence-electron chi connectivity index (χ1n) is 8.19. The lowest BCUT2D eigenvalue weighted by Gasteiger charge is -2.29. The molecule has 2 N–H and O–H groups in total. The van der Waals surface area contributed by atoms with E-state index in [2.05, 4.69) is 17.1 Å². The third-order valence-electron chi connectivity index (χ3n) is 4.20. The minimum atomic E-state index is -0.970. The summed E-state index contributed by atoms with van der Waals surface area (Å²) in [5, 5.41) is 16.1. The zero-order chi connectivity index (χ0) is 15.9. The summed E-state index contributed by atoms with van der Waals surface area (Å²) in [5.74, 6) is -1.24. The van der Waals surface area contributed by atoms with Gasteiger partial charge in [-0.1, -0.05) is 39.0 Å². The average molecular weight is 307 g/mol. The van der Waals surface area contributed by atoms with E-state index in [1.807, 2.05) is 0 Å². The van der Waals surface area contributed by atoms with Crippen LogP contribution in [0.3, 0.4) is 0 Å². The van der Waals surface area contributed by atoms with E-state index in [-0.39, 0.29) is 18.5 Å². The Balaban J connectivity index is 2.15. The highest BCUT2D eigenvalue weighted by Gasteiger charge is 2.28. The van der Waals surface area contributed by atoms with Gasteiger partial charge >= 0.3 is 5.97 Å². The number of amides is 1. The summed E-state index contributed by atoms with van der Waals surface area (Å²) in [5.41, 5.74) is 1.25. The summed E-state index contributed by atoms with van der Waals surface area (Å²) in [6, 6.07) is 1.76. The molecular formula is C16H25N3O3. The standard InChI is InChI=1S/C16H25N3O3/c1-2-7-12-10-14(18-17-12)16(22)19(11-15(20)21)13-8-5-3-4-6-9-13/h10,13H,2-9,11H2,1H3,(H,17,18)(H,20,21). The average Bonchev–Trinajstić information content (AvgIpc) is 2.78. The molecule has 0 bridgehead atoms. The number of carboxylic acid groups (broad SMARTS) is 1. The van der Waals surface area contributed by atoms with Gasteiger partial charge in [0, 0.05) is 11.7 Å². The molecule has 0 aliphatic heterocycles. The summed E-state index contributed by atoms with van der Waals surface area (Å²) < 4.78 is 0. The van der Waals surface area contributed by atoms with Crippen molar-refractivity contribution in [2.24, 2.45) is 0 Å². The zero-order valence-corrected chi connectivity index (χ0v) is 13.2. The van der Waals surface area contributed by atoms with Gasteiger partial charge < -0.3 is 10.0 Å². The largest absolute Gasteiger partial charge is 0.480 e. The predicted molar refractivity (Wildman–Crippen MR) is 82.7 cm³/mol. The molecule has 1 aromatic heterocycles. The van der Waals surface area contributed by atoms with E-state index in [1.165, 1.54) is 4.90 Å². The molecule has 1 aliphatic rings. The number of hydrogen-bond acceptors (Lipinski definition) is 3. The van der Waals surface area contributed by atoms with Gasteiger partial charge in [0.1, 0.15) is 12.2 Å². The summed E-state index contributed by atoms with van der Waals surface area (Å²) in [6.45, 7) is 1.81. The number of aryl methyl sites for hydroxylation is 1. The zero-order valence-electron chi connectivity index (χ0n) is 13.2. The van der Waals surface area contributed by atoms with E-state index in [4.69, 9.17) is 5.11 Å². The van der Waals surface area contributed by atoms with Crippen molar-refractivity contribution < 1.29 is 14.7 Å². The van der Waals surface area contributed by atoms with Gasteiger partial charge in [0.05, 0.1) is 0 Å². The van der Waals surface area contributed by atoms with Crippen LogP contribution in [0.5, 0.6) is 0 Å². The maximum atomic E-state index is 12.7. The Bertz CT molecular complexity index is 504. The molecule has 0 aromatic carbocycles. The van der Waals surface area contributed by atoms with Gasteiger partial charge in [-0.3, -0.25) is 14.7 Å². The Hall–Kier alpha value is -1.85. The van der Waals surface area contributed by atoms with Crippen LogP contribution >= 0.6 is 0 Å². The van der Waals surface area contributed by atoms with Gasteiger partial charge in [-0.15, -0.1) is 0 Å². The van der Waals surface area contributed by atoms with Gasteiger partial charge in [-0.2, -0.15) is 5.10 Å². The number of nitrogens with one attached hydrogen (secondary N) is 1. The molecule has 0 unspecified atom stereocenters. The number of hydrogen-bond donors (Lipinski definition) is 2. The molecule has 6 heteroatoms. The molecule has 1 fully saturated rings. The van der Waals surface area contributed by atoms with E-state index in [0.29, 0.717) is 5.69 Å². The minimum absolute atomic E-state index is 0.0115. The summed E-state index contributed by atoms with van der Waals surface area (Å²) in [4.78, 5) is 25.3. The number of nitrogens with zero attached hydrogens (tertiary/aromatic N) is 2. The highest BCUT2D eigenvalue weighted by Crippen LogP contribution is 2.23. The summed E-state index contributed by atoms with van der Waals surface area (Å²) in [6.07, 6.45) is 7.99. The fourth-order valence-electron chi connectivity index (χ4n) is 3.10. The first-order chi connectivity index (χ1) is 10.6. The molecule has 2 rings (SSSR count). The fourth-order valence-corrected chi connectivity index (χ4v) is 3.10. The Morgan fingerprint density at radius 3 is 2.59 bits per heavy atom. The number of carboxylic acids is 1. The number of rotatable bonds is 6. The second kappa shape index (κ2) is 7.96. The van der Waals surface area contributed by atoms with Gasteiger partial charge in [-0.25, -0.2) is 0 Å². The number of H-pyrrole nitrogens is 1. The van der Waals surface area contributed by atoms with Crippen LogP contribution in [0.2, 0.25) is 0 Å². The monoisotopic (exact) mass is 307 g/mol. The van der Waals surface area contributed by atoms with Crippen molar-refractivity contribution in [2.75, 3.05) is 6.54 Å². The lowest BCUT2D eigenvalue weighted by atomic mass is 10.1. The van der Waals surface area contributed by atoms with E-state index in [0.717, 1.165) is 57.1 Å². The normalized spacial score (nSPS) is 16.2. The van der Waals surface area contributed by atoms with Gasteiger partial charge in [0.2, 0.25) is 0 Å². The van der Waals surface area contributed by atoms with Gasteiger partial charge in [-0.05, 0) is 25.3 Å². The number of aliphatic carboxylic acids is 1. The molecule has 1 aliphatic carbocycles. The van der Waals surface area contributed by atoms with Crippen LogP contribution < -0.4 is 0 Å². The van der Waals surface area contributed by atoms with Crippen molar-refractivity contribution in [1.29, 1.82) is 0 Å². The lowest BCUT2D eigenvalue weighted by molar-refractivity contribution is -0.138. The molecule has 1 aromatic rings. The topological polar surface area (TPSA) is 86.3 Å². The van der Waals surface area contributed by atoms with Crippen LogP contribution in [0, 0.1) is 0 Å². The van der Waals surface area contributed by atoms with Crippen LogP contribution in [-0.4, -0.2) is 44.7 Å². The first-order valence-corrected chi connectivity index (χ1v) is 8.19. The van der Waals surface area contributed by atoms with Crippen LogP contribution in [0.4, 0.5) is 0 Å². The maximum absolute atomic E-state index is 12.7. The third-order valence-corrected chi connectivity index (χ3v) is 4.20. The van der Waals surface area contributed by atoms with E-state index >= 15 is 0 Å². The van der Waals surface area contributed by atoms with E-state index < -0.39 is 5.97 Å². The summed E-state index contributed by atoms with van der Waals surface area (Å²) in [7, 11) is 0. The van der Waals surface area contributed by atoms with Crippen LogP contribution in [0.1, 0.15) is 68.1 Å².